The molecule has 184 valence electrons. The topological polar surface area (TPSA) is 69.7 Å². The first-order valence-electron chi connectivity index (χ1n) is 11.9. The van der Waals surface area contributed by atoms with Crippen molar-refractivity contribution in [2.24, 2.45) is 0 Å². The number of carbonyl (C=O) groups is 3. The number of aryl methyl sites for hydroxylation is 1. The molecule has 0 saturated carbocycles. The highest BCUT2D eigenvalue weighted by molar-refractivity contribution is 6.53. The molecule has 36 heavy (non-hydrogen) atoms. The Morgan fingerprint density at radius 2 is 1.67 bits per heavy atom. The van der Waals surface area contributed by atoms with Crippen LogP contribution >= 0.6 is 11.6 Å². The normalized spacial score (nSPS) is 13.6. The molecule has 1 heterocycles. The smallest absolute Gasteiger partial charge is 0.283 e. The molecule has 7 heteroatoms. The molecule has 0 unspecified atom stereocenters. The second-order valence-corrected chi connectivity index (χ2v) is 9.35. The minimum absolute atomic E-state index is 0.0229. The molecule has 4 rings (SSSR count). The van der Waals surface area contributed by atoms with Gasteiger partial charge < -0.3 is 10.2 Å². The van der Waals surface area contributed by atoms with E-state index in [1.165, 1.54) is 0 Å². The Labute approximate surface area is 216 Å². The van der Waals surface area contributed by atoms with Crippen LogP contribution in [0, 0.1) is 6.92 Å². The summed E-state index contributed by atoms with van der Waals surface area (Å²) in [7, 11) is 0. The van der Waals surface area contributed by atoms with Gasteiger partial charge in [0, 0.05) is 23.5 Å². The molecule has 0 aromatic heterocycles. The predicted molar refractivity (Wildman–Crippen MR) is 144 cm³/mol. The zero-order valence-electron chi connectivity index (χ0n) is 20.7. The Morgan fingerprint density at radius 3 is 2.31 bits per heavy atom. The Bertz CT molecular complexity index is 1360. The lowest BCUT2D eigenvalue weighted by Gasteiger charge is -2.22. The predicted octanol–water partition coefficient (Wildman–Crippen LogP) is 6.22. The molecule has 0 atom stereocenters. The summed E-state index contributed by atoms with van der Waals surface area (Å²) in [5.74, 6) is -0.987. The van der Waals surface area contributed by atoms with Gasteiger partial charge in [0.15, 0.2) is 0 Å². The third kappa shape index (κ3) is 4.90. The molecule has 0 saturated heterocycles. The number of anilines is 3. The van der Waals surface area contributed by atoms with Crippen LogP contribution in [0.15, 0.2) is 83.5 Å². The van der Waals surface area contributed by atoms with Crippen LogP contribution in [0.3, 0.4) is 0 Å². The van der Waals surface area contributed by atoms with Gasteiger partial charge in [0.25, 0.3) is 17.7 Å². The molecule has 3 amide bonds. The summed E-state index contributed by atoms with van der Waals surface area (Å²) in [6.45, 7) is 8.53. The summed E-state index contributed by atoms with van der Waals surface area (Å²) >= 11 is 6.30. The number of halogens is 1. The summed E-state index contributed by atoms with van der Waals surface area (Å²) in [5.41, 5.74) is 4.31. The molecule has 0 spiro atoms. The molecular weight excluding hydrogens is 474 g/mol. The molecule has 1 aliphatic rings. The van der Waals surface area contributed by atoms with E-state index >= 15 is 0 Å². The summed E-state index contributed by atoms with van der Waals surface area (Å²) in [5, 5.41) is 2.77. The number of rotatable bonds is 7. The fraction of sp³-hybridized carbons (Fsp3) is 0.207. The van der Waals surface area contributed by atoms with Crippen LogP contribution in [-0.4, -0.2) is 24.3 Å². The van der Waals surface area contributed by atoms with Crippen molar-refractivity contribution in [2.45, 2.75) is 33.6 Å². The first kappa shape index (κ1) is 25.2. The lowest BCUT2D eigenvalue weighted by atomic mass is 10.0. The molecule has 0 fully saturated rings. The summed E-state index contributed by atoms with van der Waals surface area (Å²) in [6.07, 6.45) is 0. The van der Waals surface area contributed by atoms with Crippen LogP contribution in [0.5, 0.6) is 0 Å². The Hall–Kier alpha value is -3.90. The van der Waals surface area contributed by atoms with Crippen molar-refractivity contribution in [3.8, 4) is 0 Å². The van der Waals surface area contributed by atoms with Crippen LogP contribution in [0.4, 0.5) is 17.1 Å². The summed E-state index contributed by atoms with van der Waals surface area (Å²) < 4.78 is 0. The molecule has 3 aromatic rings. The number of nitrogens with zero attached hydrogens (tertiary/aromatic N) is 2. The maximum Gasteiger partial charge on any atom is 0.283 e. The Balaban J connectivity index is 1.57. The SMILES string of the molecule is CCN(C(=O)c1cccc(NC2=C(Cl)C(=O)N(c3ccc(C(C)C)cc3)C2=O)c1)c1cccc(C)c1. The summed E-state index contributed by atoms with van der Waals surface area (Å²) in [4.78, 5) is 42.0. The molecule has 0 radical (unpaired) electrons. The van der Waals surface area contributed by atoms with E-state index in [1.54, 1.807) is 41.3 Å². The van der Waals surface area contributed by atoms with E-state index < -0.39 is 11.8 Å². The highest BCUT2D eigenvalue weighted by Gasteiger charge is 2.39. The zero-order valence-corrected chi connectivity index (χ0v) is 21.5. The van der Waals surface area contributed by atoms with Gasteiger partial charge in [-0.1, -0.05) is 55.8 Å². The van der Waals surface area contributed by atoms with Gasteiger partial charge in [-0.05, 0) is 73.4 Å². The van der Waals surface area contributed by atoms with Gasteiger partial charge in [-0.15, -0.1) is 0 Å². The van der Waals surface area contributed by atoms with Crippen LogP contribution in [0.2, 0.25) is 0 Å². The highest BCUT2D eigenvalue weighted by atomic mass is 35.5. The minimum Gasteiger partial charge on any atom is -0.350 e. The molecule has 1 N–H and O–H groups in total. The van der Waals surface area contributed by atoms with Crippen molar-refractivity contribution in [1.82, 2.24) is 0 Å². The number of carbonyl (C=O) groups excluding carboxylic acids is 3. The number of nitrogens with one attached hydrogen (secondary N) is 1. The molecule has 0 bridgehead atoms. The number of hydrogen-bond acceptors (Lipinski definition) is 4. The standard InChI is InChI=1S/C29H28ClN3O3/c1-5-32(24-11-6-8-19(4)16-24)27(34)21-9-7-10-22(17-21)31-26-25(30)28(35)33(29(26)36)23-14-12-20(13-15-23)18(2)3/h6-18,31H,5H2,1-4H3. The molecule has 0 aliphatic carbocycles. The van der Waals surface area contributed by atoms with Gasteiger partial charge in [-0.2, -0.15) is 0 Å². The Morgan fingerprint density at radius 1 is 0.972 bits per heavy atom. The van der Waals surface area contributed by atoms with Gasteiger partial charge in [-0.3, -0.25) is 14.4 Å². The maximum absolute atomic E-state index is 13.3. The first-order chi connectivity index (χ1) is 17.2. The third-order valence-electron chi connectivity index (χ3n) is 6.10. The van der Waals surface area contributed by atoms with E-state index in [4.69, 9.17) is 11.6 Å². The third-order valence-corrected chi connectivity index (χ3v) is 6.45. The van der Waals surface area contributed by atoms with Crippen LogP contribution < -0.4 is 15.1 Å². The van der Waals surface area contributed by atoms with E-state index in [0.717, 1.165) is 21.7 Å². The van der Waals surface area contributed by atoms with Crippen molar-refractivity contribution in [2.75, 3.05) is 21.7 Å². The second kappa shape index (κ2) is 10.4. The number of benzene rings is 3. The van der Waals surface area contributed by atoms with E-state index in [0.29, 0.717) is 29.4 Å². The van der Waals surface area contributed by atoms with Gasteiger partial charge in [0.2, 0.25) is 0 Å². The van der Waals surface area contributed by atoms with E-state index in [1.807, 2.05) is 50.2 Å². The lowest BCUT2D eigenvalue weighted by molar-refractivity contribution is -0.120. The largest absolute Gasteiger partial charge is 0.350 e. The quantitative estimate of drug-likeness (QED) is 0.390. The average molecular weight is 502 g/mol. The fourth-order valence-corrected chi connectivity index (χ4v) is 4.34. The van der Waals surface area contributed by atoms with E-state index in [-0.39, 0.29) is 16.6 Å². The number of imide groups is 1. The maximum atomic E-state index is 13.3. The van der Waals surface area contributed by atoms with Crippen LogP contribution in [-0.2, 0) is 9.59 Å². The van der Waals surface area contributed by atoms with Crippen molar-refractivity contribution in [1.29, 1.82) is 0 Å². The monoisotopic (exact) mass is 501 g/mol. The number of amides is 3. The first-order valence-corrected chi connectivity index (χ1v) is 12.2. The Kier molecular flexibility index (Phi) is 7.27. The lowest BCUT2D eigenvalue weighted by Crippen LogP contribution is -2.32. The van der Waals surface area contributed by atoms with Gasteiger partial charge in [0.05, 0.1) is 5.69 Å². The van der Waals surface area contributed by atoms with Crippen LogP contribution in [0.1, 0.15) is 48.2 Å². The number of hydrogen-bond donors (Lipinski definition) is 1. The second-order valence-electron chi connectivity index (χ2n) is 8.98. The van der Waals surface area contributed by atoms with Crippen molar-refractivity contribution >= 4 is 46.4 Å². The van der Waals surface area contributed by atoms with Crippen molar-refractivity contribution < 1.29 is 14.4 Å². The van der Waals surface area contributed by atoms with Crippen molar-refractivity contribution in [3.63, 3.8) is 0 Å². The fourth-order valence-electron chi connectivity index (χ4n) is 4.12. The molecule has 1 aliphatic heterocycles. The van der Waals surface area contributed by atoms with Gasteiger partial charge in [0.1, 0.15) is 10.7 Å². The van der Waals surface area contributed by atoms with Gasteiger partial charge in [-0.25, -0.2) is 4.90 Å². The summed E-state index contributed by atoms with van der Waals surface area (Å²) in [6, 6.07) is 21.8. The van der Waals surface area contributed by atoms with E-state index in [9.17, 15) is 14.4 Å². The van der Waals surface area contributed by atoms with Crippen molar-refractivity contribution in [3.05, 3.63) is 100 Å². The van der Waals surface area contributed by atoms with Crippen LogP contribution in [0.25, 0.3) is 0 Å². The zero-order chi connectivity index (χ0) is 26.0. The van der Waals surface area contributed by atoms with Gasteiger partial charge >= 0.3 is 0 Å². The minimum atomic E-state index is -0.592. The highest BCUT2D eigenvalue weighted by Crippen LogP contribution is 2.31. The molecule has 3 aromatic carbocycles. The average Bonchev–Trinajstić information content (AvgIpc) is 3.07. The molecular formula is C29H28ClN3O3. The molecule has 6 nitrogen and oxygen atoms in total. The van der Waals surface area contributed by atoms with E-state index in [2.05, 4.69) is 19.2 Å².